The van der Waals surface area contributed by atoms with Crippen LogP contribution in [0.25, 0.3) is 0 Å². The number of carbonyl (C=O) groups excluding carboxylic acids is 1. The van der Waals surface area contributed by atoms with Crippen LogP contribution in [0.15, 0.2) is 0 Å². The van der Waals surface area contributed by atoms with Crippen molar-refractivity contribution in [2.24, 2.45) is 0 Å². The summed E-state index contributed by atoms with van der Waals surface area (Å²) in [5.41, 5.74) is -0.433. The summed E-state index contributed by atoms with van der Waals surface area (Å²) < 4.78 is 5.13. The van der Waals surface area contributed by atoms with E-state index >= 15 is 0 Å². The smallest absolute Gasteiger partial charge is 0.326 e. The number of unbranched alkanes of at least 4 members (excludes halogenated alkanes) is 2. The lowest BCUT2D eigenvalue weighted by Gasteiger charge is -2.42. The summed E-state index contributed by atoms with van der Waals surface area (Å²) >= 11 is 0. The van der Waals surface area contributed by atoms with E-state index in [1.807, 2.05) is 0 Å². The molecule has 2 rings (SSSR count). The molecular weight excluding hydrogens is 264 g/mol. The van der Waals surface area contributed by atoms with Gasteiger partial charge in [-0.3, -0.25) is 10.1 Å². The number of methoxy groups -OCH3 is 1. The number of hydrogen-bond donors (Lipinski definition) is 1. The fraction of sp³-hybridized carbons (Fsp3) is 0.941. The Morgan fingerprint density at radius 2 is 2.10 bits per heavy atom. The van der Waals surface area contributed by atoms with Gasteiger partial charge in [-0.2, -0.15) is 0 Å². The number of esters is 1. The maximum atomic E-state index is 12.4. The van der Waals surface area contributed by atoms with Gasteiger partial charge in [-0.15, -0.1) is 0 Å². The number of hydrogen-bond acceptors (Lipinski definition) is 4. The van der Waals surface area contributed by atoms with Crippen molar-refractivity contribution in [1.82, 2.24) is 10.2 Å². The zero-order valence-electron chi connectivity index (χ0n) is 14.0. The van der Waals surface area contributed by atoms with Gasteiger partial charge in [0.15, 0.2) is 0 Å². The largest absolute Gasteiger partial charge is 0.468 e. The van der Waals surface area contributed by atoms with Gasteiger partial charge in [0.25, 0.3) is 0 Å². The summed E-state index contributed by atoms with van der Waals surface area (Å²) in [6.07, 6.45) is 10.4. The molecule has 0 heterocycles. The minimum absolute atomic E-state index is 0.0546. The van der Waals surface area contributed by atoms with Crippen LogP contribution in [0.5, 0.6) is 0 Å². The van der Waals surface area contributed by atoms with E-state index in [0.29, 0.717) is 12.1 Å². The summed E-state index contributed by atoms with van der Waals surface area (Å²) in [4.78, 5) is 14.8. The lowest BCUT2D eigenvalue weighted by Crippen LogP contribution is -2.59. The third-order valence-electron chi connectivity index (χ3n) is 5.10. The molecule has 2 aliphatic rings. The molecule has 122 valence electrons. The number of carbonyl (C=O) groups is 1. The first-order valence-electron chi connectivity index (χ1n) is 8.67. The molecule has 0 radical (unpaired) electrons. The summed E-state index contributed by atoms with van der Waals surface area (Å²) in [5.74, 6) is -0.0546. The first kappa shape index (κ1) is 16.8. The Balaban J connectivity index is 1.96. The highest BCUT2D eigenvalue weighted by Crippen LogP contribution is 2.35. The lowest BCUT2D eigenvalue weighted by molar-refractivity contribution is -0.151. The van der Waals surface area contributed by atoms with Gasteiger partial charge in [0.1, 0.15) is 5.54 Å². The number of ether oxygens (including phenoxy) is 1. The molecule has 2 saturated carbocycles. The lowest BCUT2D eigenvalue weighted by atomic mass is 9.78. The maximum absolute atomic E-state index is 12.4. The Morgan fingerprint density at radius 1 is 1.33 bits per heavy atom. The van der Waals surface area contributed by atoms with Crippen molar-refractivity contribution < 1.29 is 9.53 Å². The molecule has 4 nitrogen and oxygen atoms in total. The standard InChI is InChI=1S/C17H32N2O2/c1-4-5-6-12-19(2)15-8-7-11-17(13-15,16(20)21-3)18-14-9-10-14/h14-15,18H,4-13H2,1-3H3. The van der Waals surface area contributed by atoms with Gasteiger partial charge < -0.3 is 9.64 Å². The van der Waals surface area contributed by atoms with Crippen molar-refractivity contribution in [2.75, 3.05) is 20.7 Å². The zero-order valence-corrected chi connectivity index (χ0v) is 14.0. The SMILES string of the molecule is CCCCCN(C)C1CCCC(NC2CC2)(C(=O)OC)C1. The molecule has 0 aromatic carbocycles. The minimum atomic E-state index is -0.433. The Kier molecular flexibility index (Phi) is 6.06. The topological polar surface area (TPSA) is 41.6 Å². The predicted octanol–water partition coefficient (Wildman–Crippen LogP) is 2.71. The third-order valence-corrected chi connectivity index (χ3v) is 5.10. The van der Waals surface area contributed by atoms with Crippen LogP contribution < -0.4 is 5.32 Å². The normalized spacial score (nSPS) is 29.6. The fourth-order valence-electron chi connectivity index (χ4n) is 3.61. The van der Waals surface area contributed by atoms with Gasteiger partial charge in [-0.05, 0) is 58.5 Å². The van der Waals surface area contributed by atoms with Crippen LogP contribution in [0.1, 0.15) is 64.7 Å². The van der Waals surface area contributed by atoms with E-state index in [2.05, 4.69) is 24.2 Å². The Labute approximate surface area is 129 Å². The molecule has 0 saturated heterocycles. The van der Waals surface area contributed by atoms with Crippen LogP contribution in [-0.2, 0) is 9.53 Å². The van der Waals surface area contributed by atoms with Crippen LogP contribution in [-0.4, -0.2) is 49.2 Å². The molecule has 2 atom stereocenters. The Bertz CT molecular complexity index is 344. The van der Waals surface area contributed by atoms with Crippen molar-refractivity contribution in [1.29, 1.82) is 0 Å². The average molecular weight is 296 g/mol. The van der Waals surface area contributed by atoms with Gasteiger partial charge in [0.2, 0.25) is 0 Å². The van der Waals surface area contributed by atoms with Crippen molar-refractivity contribution in [3.05, 3.63) is 0 Å². The second-order valence-electron chi connectivity index (χ2n) is 6.93. The Hall–Kier alpha value is -0.610. The van der Waals surface area contributed by atoms with E-state index in [0.717, 1.165) is 25.8 Å². The van der Waals surface area contributed by atoms with E-state index < -0.39 is 5.54 Å². The molecule has 1 N–H and O–H groups in total. The molecule has 21 heavy (non-hydrogen) atoms. The van der Waals surface area contributed by atoms with Crippen LogP contribution in [0.4, 0.5) is 0 Å². The first-order chi connectivity index (χ1) is 10.1. The number of rotatable bonds is 8. The number of nitrogens with zero attached hydrogens (tertiary/aromatic N) is 1. The maximum Gasteiger partial charge on any atom is 0.326 e. The third kappa shape index (κ3) is 4.43. The average Bonchev–Trinajstić information content (AvgIpc) is 3.30. The molecule has 2 fully saturated rings. The van der Waals surface area contributed by atoms with Gasteiger partial charge in [0.05, 0.1) is 7.11 Å². The van der Waals surface area contributed by atoms with Crippen molar-refractivity contribution >= 4 is 5.97 Å². The highest BCUT2D eigenvalue weighted by atomic mass is 16.5. The van der Waals surface area contributed by atoms with E-state index in [1.54, 1.807) is 0 Å². The predicted molar refractivity (Wildman–Crippen MR) is 85.3 cm³/mol. The van der Waals surface area contributed by atoms with E-state index in [4.69, 9.17) is 4.74 Å². The van der Waals surface area contributed by atoms with E-state index in [9.17, 15) is 4.79 Å². The summed E-state index contributed by atoms with van der Waals surface area (Å²) in [5, 5.41) is 3.61. The van der Waals surface area contributed by atoms with Crippen LogP contribution >= 0.6 is 0 Å². The Morgan fingerprint density at radius 3 is 2.71 bits per heavy atom. The van der Waals surface area contributed by atoms with Gasteiger partial charge >= 0.3 is 5.97 Å². The van der Waals surface area contributed by atoms with Crippen LogP contribution in [0, 0.1) is 0 Å². The molecular formula is C17H32N2O2. The molecule has 0 aromatic heterocycles. The number of nitrogens with one attached hydrogen (secondary N) is 1. The summed E-state index contributed by atoms with van der Waals surface area (Å²) in [6, 6.07) is 1.04. The molecule has 2 aliphatic carbocycles. The van der Waals surface area contributed by atoms with Crippen molar-refractivity contribution in [3.8, 4) is 0 Å². The molecule has 0 aliphatic heterocycles. The second-order valence-corrected chi connectivity index (χ2v) is 6.93. The fourth-order valence-corrected chi connectivity index (χ4v) is 3.61. The second kappa shape index (κ2) is 7.59. The molecule has 4 heteroatoms. The monoisotopic (exact) mass is 296 g/mol. The van der Waals surface area contributed by atoms with Gasteiger partial charge in [0, 0.05) is 12.1 Å². The van der Waals surface area contributed by atoms with Crippen LogP contribution in [0.2, 0.25) is 0 Å². The molecule has 2 unspecified atom stereocenters. The van der Waals surface area contributed by atoms with Crippen molar-refractivity contribution in [3.63, 3.8) is 0 Å². The summed E-state index contributed by atoms with van der Waals surface area (Å²) in [6.45, 7) is 3.38. The van der Waals surface area contributed by atoms with Crippen LogP contribution in [0.3, 0.4) is 0 Å². The highest BCUT2D eigenvalue weighted by Gasteiger charge is 2.47. The molecule has 0 spiro atoms. The first-order valence-corrected chi connectivity index (χ1v) is 8.67. The minimum Gasteiger partial charge on any atom is -0.468 e. The quantitative estimate of drug-likeness (QED) is 0.552. The van der Waals surface area contributed by atoms with E-state index in [-0.39, 0.29) is 5.97 Å². The highest BCUT2D eigenvalue weighted by molar-refractivity contribution is 5.81. The van der Waals surface area contributed by atoms with Gasteiger partial charge in [-0.25, -0.2) is 0 Å². The van der Waals surface area contributed by atoms with Gasteiger partial charge in [-0.1, -0.05) is 19.8 Å². The van der Waals surface area contributed by atoms with Crippen molar-refractivity contribution in [2.45, 2.75) is 82.3 Å². The molecule has 0 aromatic rings. The molecule has 0 amide bonds. The molecule has 0 bridgehead atoms. The van der Waals surface area contributed by atoms with E-state index in [1.165, 1.54) is 45.6 Å². The summed E-state index contributed by atoms with van der Waals surface area (Å²) in [7, 11) is 3.73. The zero-order chi connectivity index (χ0) is 15.3.